The largest absolute Gasteiger partial charge is 0.414 e. The molecule has 70 valence electrons. The third-order valence-electron chi connectivity index (χ3n) is 1.28. The third kappa shape index (κ3) is 4.53. The number of benzene rings is 1. The van der Waals surface area contributed by atoms with Gasteiger partial charge in [-0.3, -0.25) is 0 Å². The van der Waals surface area contributed by atoms with E-state index in [-0.39, 0.29) is 31.9 Å². The summed E-state index contributed by atoms with van der Waals surface area (Å²) >= 11 is 0. The molecule has 0 spiro atoms. The summed E-state index contributed by atoms with van der Waals surface area (Å²) in [5.74, 6) is 0. The molecule has 13 heavy (non-hydrogen) atoms. The van der Waals surface area contributed by atoms with E-state index in [1.54, 1.807) is 0 Å². The molecule has 0 aliphatic carbocycles. The molecule has 0 nitrogen and oxygen atoms in total. The molecule has 1 aromatic carbocycles. The summed E-state index contributed by atoms with van der Waals surface area (Å²) in [5.41, 5.74) is -0.0529. The van der Waals surface area contributed by atoms with Gasteiger partial charge in [-0.05, 0) is 0 Å². The van der Waals surface area contributed by atoms with E-state index < -0.39 is 11.7 Å². The van der Waals surface area contributed by atoms with Gasteiger partial charge in [-0.1, -0.05) is 0 Å². The molecule has 0 fully saturated rings. The second-order valence-electron chi connectivity index (χ2n) is 2.19. The first-order chi connectivity index (χ1) is 5.00. The predicted octanol–water partition coefficient (Wildman–Crippen LogP) is 3.31. The molecule has 5 heteroatoms. The third-order valence-corrected chi connectivity index (χ3v) is 1.28. The van der Waals surface area contributed by atoms with Gasteiger partial charge < -0.3 is 0 Å². The summed E-state index contributed by atoms with van der Waals surface area (Å²) < 4.78 is 35.7. The zero-order valence-corrected chi connectivity index (χ0v) is 10.5. The number of halogens is 4. The second kappa shape index (κ2) is 5.51. The molecule has 0 amide bonds. The van der Waals surface area contributed by atoms with E-state index >= 15 is 0 Å². The molecule has 0 saturated carbocycles. The predicted molar refractivity (Wildman–Crippen MR) is 43.2 cm³/mol. The van der Waals surface area contributed by atoms with Gasteiger partial charge in [-0.15, -0.1) is 24.5 Å². The summed E-state index contributed by atoms with van der Waals surface area (Å²) in [6.07, 6.45) is -4.24. The zero-order chi connectivity index (χ0) is 8.48. The van der Waals surface area contributed by atoms with Crippen LogP contribution in [0, 0.1) is 6.92 Å². The van der Waals surface area contributed by atoms with Crippen LogP contribution in [-0.2, 0) is 25.7 Å². The maximum absolute atomic E-state index is 11.9. The van der Waals surface area contributed by atoms with E-state index in [1.165, 1.54) is 12.1 Å². The molecule has 1 rings (SSSR count). The summed E-state index contributed by atoms with van der Waals surface area (Å²) in [5, 5.41) is 0. The molecular weight excluding hydrogens is 254 g/mol. The van der Waals surface area contributed by atoms with E-state index in [4.69, 9.17) is 0 Å². The van der Waals surface area contributed by atoms with Crippen molar-refractivity contribution in [3.63, 3.8) is 0 Å². The van der Waals surface area contributed by atoms with E-state index in [9.17, 15) is 13.2 Å². The molecule has 0 radical (unpaired) electrons. The minimum absolute atomic E-state index is 0. The van der Waals surface area contributed by atoms with E-state index in [0.29, 0.717) is 5.56 Å². The van der Waals surface area contributed by atoms with Crippen LogP contribution in [0.4, 0.5) is 13.2 Å². The smallest absolute Gasteiger partial charge is 0.199 e. The van der Waals surface area contributed by atoms with Gasteiger partial charge in [-0.25, -0.2) is 0 Å². The van der Waals surface area contributed by atoms with Gasteiger partial charge in [0, 0.05) is 25.0 Å². The van der Waals surface area contributed by atoms with Gasteiger partial charge in [0.15, 0.2) is 0 Å². The average Bonchev–Trinajstić information content (AvgIpc) is 1.86. The summed E-state index contributed by atoms with van der Waals surface area (Å²) in [7, 11) is 0. The summed E-state index contributed by atoms with van der Waals surface area (Å²) in [4.78, 5) is 0. The standard InChI is InChI=1S/C8H6F3.ClH.Zn/c1-6-2-4-7(5-3-6)8(9,10)11;;/h2-5H,1H2;1H;/q-1;;. The van der Waals surface area contributed by atoms with Crippen LogP contribution < -0.4 is 0 Å². The fourth-order valence-electron chi connectivity index (χ4n) is 0.694. The Hall–Kier alpha value is -0.207. The fraction of sp³-hybridized carbons (Fsp3) is 0.125. The van der Waals surface area contributed by atoms with Gasteiger partial charge >= 0.3 is 6.18 Å². The molecule has 0 N–H and O–H groups in total. The van der Waals surface area contributed by atoms with Crippen molar-refractivity contribution in [2.75, 3.05) is 0 Å². The summed E-state index contributed by atoms with van der Waals surface area (Å²) in [6, 6.07) is 4.70. The molecule has 0 saturated heterocycles. The zero-order valence-electron chi connectivity index (χ0n) is 6.77. The second-order valence-corrected chi connectivity index (χ2v) is 2.19. The Balaban J connectivity index is 0. The Morgan fingerprint density at radius 3 is 1.69 bits per heavy atom. The van der Waals surface area contributed by atoms with Crippen molar-refractivity contribution in [3.05, 3.63) is 42.3 Å². The van der Waals surface area contributed by atoms with Crippen molar-refractivity contribution >= 4 is 12.4 Å². The fourth-order valence-corrected chi connectivity index (χ4v) is 0.694. The van der Waals surface area contributed by atoms with Crippen molar-refractivity contribution in [1.29, 1.82) is 0 Å². The van der Waals surface area contributed by atoms with E-state index in [0.717, 1.165) is 12.1 Å². The summed E-state index contributed by atoms with van der Waals surface area (Å²) in [6.45, 7) is 3.48. The van der Waals surface area contributed by atoms with Crippen LogP contribution in [0.5, 0.6) is 0 Å². The minimum atomic E-state index is -4.24. The van der Waals surface area contributed by atoms with Crippen LogP contribution in [-0.4, -0.2) is 0 Å². The first kappa shape index (κ1) is 15.3. The molecule has 0 bridgehead atoms. The number of rotatable bonds is 0. The Bertz CT molecular complexity index is 243. The van der Waals surface area contributed by atoms with Crippen LogP contribution >= 0.6 is 12.4 Å². The monoisotopic (exact) mass is 259 g/mol. The van der Waals surface area contributed by atoms with Crippen molar-refractivity contribution < 1.29 is 32.6 Å². The molecule has 0 aliphatic heterocycles. The van der Waals surface area contributed by atoms with Crippen molar-refractivity contribution in [1.82, 2.24) is 0 Å². The first-order valence-corrected chi connectivity index (χ1v) is 2.99. The van der Waals surface area contributed by atoms with Crippen molar-refractivity contribution in [3.8, 4) is 0 Å². The molecule has 0 aromatic heterocycles. The molecule has 1 aromatic rings. The van der Waals surface area contributed by atoms with Crippen LogP contribution in [0.3, 0.4) is 0 Å². The topological polar surface area (TPSA) is 0 Å². The Morgan fingerprint density at radius 1 is 1.00 bits per heavy atom. The number of hydrogen-bond donors (Lipinski definition) is 0. The van der Waals surface area contributed by atoms with E-state index in [1.807, 2.05) is 0 Å². The maximum Gasteiger partial charge on any atom is 0.414 e. The van der Waals surface area contributed by atoms with Crippen LogP contribution in [0.1, 0.15) is 11.1 Å². The van der Waals surface area contributed by atoms with E-state index in [2.05, 4.69) is 6.92 Å². The van der Waals surface area contributed by atoms with Gasteiger partial charge in [0.25, 0.3) is 0 Å². The Kier molecular flexibility index (Phi) is 6.47. The molecule has 0 atom stereocenters. The Labute approximate surface area is 93.7 Å². The van der Waals surface area contributed by atoms with Crippen LogP contribution in [0.25, 0.3) is 0 Å². The quantitative estimate of drug-likeness (QED) is 0.496. The van der Waals surface area contributed by atoms with Gasteiger partial charge in [0.1, 0.15) is 0 Å². The molecule has 0 unspecified atom stereocenters. The number of hydrogen-bond acceptors (Lipinski definition) is 0. The normalized spacial score (nSPS) is 9.77. The van der Waals surface area contributed by atoms with Gasteiger partial charge in [0.05, 0.1) is 0 Å². The van der Waals surface area contributed by atoms with Crippen LogP contribution in [0.2, 0.25) is 0 Å². The first-order valence-electron chi connectivity index (χ1n) is 2.99. The van der Waals surface area contributed by atoms with Crippen molar-refractivity contribution in [2.45, 2.75) is 6.18 Å². The van der Waals surface area contributed by atoms with Gasteiger partial charge in [-0.2, -0.15) is 37.8 Å². The van der Waals surface area contributed by atoms with Crippen molar-refractivity contribution in [2.24, 2.45) is 0 Å². The van der Waals surface area contributed by atoms with Crippen LogP contribution in [0.15, 0.2) is 24.3 Å². The maximum atomic E-state index is 11.9. The number of alkyl halides is 3. The molecule has 0 aliphatic rings. The average molecular weight is 261 g/mol. The molecule has 0 heterocycles. The Morgan fingerprint density at radius 2 is 1.38 bits per heavy atom. The van der Waals surface area contributed by atoms with Gasteiger partial charge in [0.2, 0.25) is 0 Å². The molecular formula is C8H7ClF3Zn-. The minimum Gasteiger partial charge on any atom is -0.199 e. The SMILES string of the molecule is Cl.[CH2-]c1ccc(C(F)(F)F)cc1.[Zn].